The molecule has 0 radical (unpaired) electrons. The van der Waals surface area contributed by atoms with Crippen LogP contribution < -0.4 is 5.32 Å². The van der Waals surface area contributed by atoms with Gasteiger partial charge >= 0.3 is 0 Å². The zero-order valence-electron chi connectivity index (χ0n) is 9.31. The predicted octanol–water partition coefficient (Wildman–Crippen LogP) is 1.40. The van der Waals surface area contributed by atoms with Crippen LogP contribution in [0.15, 0.2) is 42.6 Å². The van der Waals surface area contributed by atoms with Crippen molar-refractivity contribution in [1.82, 2.24) is 10.3 Å². The monoisotopic (exact) mass is 230 g/mol. The van der Waals surface area contributed by atoms with Gasteiger partial charge in [0, 0.05) is 29.6 Å². The first kappa shape index (κ1) is 11.4. The summed E-state index contributed by atoms with van der Waals surface area (Å²) in [6, 6.07) is 11.2. The zero-order valence-corrected chi connectivity index (χ0v) is 9.31. The van der Waals surface area contributed by atoms with E-state index in [1.807, 2.05) is 36.5 Å². The summed E-state index contributed by atoms with van der Waals surface area (Å²) in [5.41, 5.74) is 2.36. The topological polar surface area (TPSA) is 65.1 Å². The zero-order chi connectivity index (χ0) is 12.1. The number of benzene rings is 1. The highest BCUT2D eigenvalue weighted by Crippen LogP contribution is 2.21. The van der Waals surface area contributed by atoms with Crippen molar-refractivity contribution in [3.63, 3.8) is 0 Å². The van der Waals surface area contributed by atoms with E-state index in [9.17, 15) is 4.79 Å². The lowest BCUT2D eigenvalue weighted by molar-refractivity contribution is 0.0945. The Labute approximate surface area is 99.3 Å². The number of carbonyl (C=O) groups excluding carboxylic acids is 1. The number of hydrogen-bond acceptors (Lipinski definition) is 2. The molecule has 4 heteroatoms. The van der Waals surface area contributed by atoms with Crippen LogP contribution in [0.1, 0.15) is 10.4 Å². The van der Waals surface area contributed by atoms with Gasteiger partial charge in [0.2, 0.25) is 0 Å². The molecule has 88 valence electrons. The van der Waals surface area contributed by atoms with Gasteiger partial charge < -0.3 is 15.4 Å². The Morgan fingerprint density at radius 2 is 2.06 bits per heavy atom. The molecule has 2 aromatic rings. The summed E-state index contributed by atoms with van der Waals surface area (Å²) in [4.78, 5) is 15.0. The second kappa shape index (κ2) is 5.32. The number of rotatable bonds is 4. The summed E-state index contributed by atoms with van der Waals surface area (Å²) in [5.74, 6) is -0.177. The van der Waals surface area contributed by atoms with Crippen LogP contribution in [0.3, 0.4) is 0 Å². The van der Waals surface area contributed by atoms with Gasteiger partial charge in [-0.25, -0.2) is 0 Å². The maximum absolute atomic E-state index is 11.9. The largest absolute Gasteiger partial charge is 0.395 e. The number of aromatic nitrogens is 1. The third-order valence-electron chi connectivity index (χ3n) is 2.46. The van der Waals surface area contributed by atoms with Crippen molar-refractivity contribution in [2.45, 2.75) is 0 Å². The molecule has 0 atom stereocenters. The van der Waals surface area contributed by atoms with Gasteiger partial charge in [0.15, 0.2) is 0 Å². The van der Waals surface area contributed by atoms with Crippen molar-refractivity contribution in [2.75, 3.05) is 13.2 Å². The second-order valence-electron chi connectivity index (χ2n) is 3.61. The summed E-state index contributed by atoms with van der Waals surface area (Å²) in [6.45, 7) is 0.203. The quantitative estimate of drug-likeness (QED) is 0.743. The van der Waals surface area contributed by atoms with E-state index in [-0.39, 0.29) is 19.1 Å². The predicted molar refractivity (Wildman–Crippen MR) is 65.6 cm³/mol. The van der Waals surface area contributed by atoms with Gasteiger partial charge in [-0.1, -0.05) is 18.2 Å². The van der Waals surface area contributed by atoms with Crippen molar-refractivity contribution in [3.05, 3.63) is 48.2 Å². The third-order valence-corrected chi connectivity index (χ3v) is 2.46. The van der Waals surface area contributed by atoms with E-state index in [1.165, 1.54) is 0 Å². The number of H-pyrrole nitrogens is 1. The summed E-state index contributed by atoms with van der Waals surface area (Å²) in [6.07, 6.45) is 1.82. The van der Waals surface area contributed by atoms with Crippen molar-refractivity contribution < 1.29 is 9.90 Å². The summed E-state index contributed by atoms with van der Waals surface area (Å²) < 4.78 is 0. The Morgan fingerprint density at radius 3 is 2.76 bits per heavy atom. The first-order chi connectivity index (χ1) is 8.33. The van der Waals surface area contributed by atoms with Gasteiger partial charge in [-0.15, -0.1) is 0 Å². The SMILES string of the molecule is O=C(NCCO)c1ccccc1-c1ccc[nH]1. The van der Waals surface area contributed by atoms with E-state index < -0.39 is 0 Å². The van der Waals surface area contributed by atoms with Crippen LogP contribution in [0.25, 0.3) is 11.3 Å². The van der Waals surface area contributed by atoms with Crippen LogP contribution in [-0.4, -0.2) is 29.1 Å². The van der Waals surface area contributed by atoms with E-state index in [0.717, 1.165) is 11.3 Å². The molecule has 1 heterocycles. The molecule has 0 spiro atoms. The van der Waals surface area contributed by atoms with Crippen molar-refractivity contribution in [1.29, 1.82) is 0 Å². The minimum absolute atomic E-state index is 0.0591. The fourth-order valence-electron chi connectivity index (χ4n) is 1.68. The molecule has 17 heavy (non-hydrogen) atoms. The lowest BCUT2D eigenvalue weighted by atomic mass is 10.0. The van der Waals surface area contributed by atoms with Gasteiger partial charge in [-0.3, -0.25) is 4.79 Å². The van der Waals surface area contributed by atoms with E-state index in [0.29, 0.717) is 5.56 Å². The molecule has 0 bridgehead atoms. The van der Waals surface area contributed by atoms with Crippen molar-refractivity contribution in [2.24, 2.45) is 0 Å². The van der Waals surface area contributed by atoms with E-state index in [4.69, 9.17) is 5.11 Å². The number of aromatic amines is 1. The van der Waals surface area contributed by atoms with E-state index >= 15 is 0 Å². The number of aliphatic hydroxyl groups is 1. The van der Waals surface area contributed by atoms with Crippen LogP contribution in [0, 0.1) is 0 Å². The molecule has 1 aromatic carbocycles. The third kappa shape index (κ3) is 2.54. The minimum Gasteiger partial charge on any atom is -0.395 e. The second-order valence-corrected chi connectivity index (χ2v) is 3.61. The number of amides is 1. The van der Waals surface area contributed by atoms with E-state index in [2.05, 4.69) is 10.3 Å². The molecule has 2 rings (SSSR count). The average Bonchev–Trinajstić information content (AvgIpc) is 2.89. The molecule has 0 aliphatic heterocycles. The lowest BCUT2D eigenvalue weighted by Crippen LogP contribution is -2.26. The molecule has 0 saturated heterocycles. The maximum atomic E-state index is 11.9. The number of aliphatic hydroxyl groups excluding tert-OH is 1. The van der Waals surface area contributed by atoms with Crippen LogP contribution in [0.2, 0.25) is 0 Å². The Morgan fingerprint density at radius 1 is 1.24 bits per heavy atom. The molecule has 0 fully saturated rings. The smallest absolute Gasteiger partial charge is 0.252 e. The molecule has 0 aliphatic rings. The number of carbonyl (C=O) groups is 1. The van der Waals surface area contributed by atoms with Gasteiger partial charge in [0.25, 0.3) is 5.91 Å². The summed E-state index contributed by atoms with van der Waals surface area (Å²) in [7, 11) is 0. The molecule has 1 amide bonds. The highest BCUT2D eigenvalue weighted by molar-refractivity contribution is 6.00. The van der Waals surface area contributed by atoms with Gasteiger partial charge in [0.05, 0.1) is 6.61 Å². The Hall–Kier alpha value is -2.07. The molecular formula is C13H14N2O2. The Kier molecular flexibility index (Phi) is 3.57. The van der Waals surface area contributed by atoms with Crippen molar-refractivity contribution >= 4 is 5.91 Å². The van der Waals surface area contributed by atoms with Gasteiger partial charge in [0.1, 0.15) is 0 Å². The first-order valence-corrected chi connectivity index (χ1v) is 5.45. The van der Waals surface area contributed by atoms with Crippen LogP contribution in [0.4, 0.5) is 0 Å². The van der Waals surface area contributed by atoms with Gasteiger partial charge in [-0.05, 0) is 18.2 Å². The maximum Gasteiger partial charge on any atom is 0.252 e. The highest BCUT2D eigenvalue weighted by atomic mass is 16.3. The minimum atomic E-state index is -0.177. The van der Waals surface area contributed by atoms with E-state index in [1.54, 1.807) is 6.07 Å². The van der Waals surface area contributed by atoms with Gasteiger partial charge in [-0.2, -0.15) is 0 Å². The van der Waals surface area contributed by atoms with Crippen LogP contribution in [-0.2, 0) is 0 Å². The summed E-state index contributed by atoms with van der Waals surface area (Å²) >= 11 is 0. The molecule has 0 unspecified atom stereocenters. The normalized spacial score (nSPS) is 10.2. The Bertz CT molecular complexity index is 492. The fourth-order valence-corrected chi connectivity index (χ4v) is 1.68. The molecule has 4 nitrogen and oxygen atoms in total. The van der Waals surface area contributed by atoms with Crippen LogP contribution in [0.5, 0.6) is 0 Å². The fraction of sp³-hybridized carbons (Fsp3) is 0.154. The first-order valence-electron chi connectivity index (χ1n) is 5.45. The summed E-state index contributed by atoms with van der Waals surface area (Å²) in [5, 5.41) is 11.3. The number of nitrogens with one attached hydrogen (secondary N) is 2. The number of hydrogen-bond donors (Lipinski definition) is 3. The molecular weight excluding hydrogens is 216 g/mol. The van der Waals surface area contributed by atoms with Crippen molar-refractivity contribution in [3.8, 4) is 11.3 Å². The average molecular weight is 230 g/mol. The van der Waals surface area contributed by atoms with Crippen LogP contribution >= 0.6 is 0 Å². The highest BCUT2D eigenvalue weighted by Gasteiger charge is 2.11. The standard InChI is InChI=1S/C13H14N2O2/c16-9-8-15-13(17)11-5-2-1-4-10(11)12-6-3-7-14-12/h1-7,14,16H,8-9H2,(H,15,17). The molecule has 1 aromatic heterocycles. The molecule has 3 N–H and O–H groups in total. The Balaban J connectivity index is 2.31. The molecule has 0 saturated carbocycles. The molecule has 0 aliphatic carbocycles. The lowest BCUT2D eigenvalue weighted by Gasteiger charge is -2.08.